The number of para-hydroxylation sites is 1. The van der Waals surface area contributed by atoms with E-state index in [1.807, 2.05) is 24.3 Å². The van der Waals surface area contributed by atoms with E-state index in [9.17, 15) is 19.2 Å². The van der Waals surface area contributed by atoms with Gasteiger partial charge in [-0.05, 0) is 48.2 Å². The first-order valence-electron chi connectivity index (χ1n) is 11.2. The fourth-order valence-electron chi connectivity index (χ4n) is 3.59. The highest BCUT2D eigenvalue weighted by molar-refractivity contribution is 6.30. The van der Waals surface area contributed by atoms with Crippen molar-refractivity contribution in [2.75, 3.05) is 32.6 Å². The number of likely N-dealkylation sites (N-methyl/N-ethyl adjacent to an activating group) is 2. The highest BCUT2D eigenvalue weighted by Gasteiger charge is 2.37. The van der Waals surface area contributed by atoms with Gasteiger partial charge in [-0.3, -0.25) is 24.2 Å². The molecule has 35 heavy (non-hydrogen) atoms. The number of amides is 5. The van der Waals surface area contributed by atoms with Gasteiger partial charge in [0.15, 0.2) is 18.1 Å². The van der Waals surface area contributed by atoms with Crippen LogP contribution < -0.4 is 14.8 Å². The molecule has 0 spiro atoms. The molecule has 184 valence electrons. The quantitative estimate of drug-likeness (QED) is 0.458. The molecule has 2 aromatic carbocycles. The smallest absolute Gasteiger partial charge is 0.333 e. The Hall–Kier alpha value is -4.14. The number of barbiturate groups is 1. The van der Waals surface area contributed by atoms with Gasteiger partial charge in [-0.25, -0.2) is 4.79 Å². The molecule has 1 saturated heterocycles. The summed E-state index contributed by atoms with van der Waals surface area (Å²) in [6.45, 7) is 6.00. The average molecular weight is 480 g/mol. The van der Waals surface area contributed by atoms with Crippen LogP contribution in [-0.2, 0) is 14.4 Å². The van der Waals surface area contributed by atoms with Crippen LogP contribution in [0.4, 0.5) is 10.5 Å². The Morgan fingerprint density at radius 3 is 2.26 bits per heavy atom. The molecule has 1 aliphatic heterocycles. The largest absolute Gasteiger partial charge is 0.490 e. The van der Waals surface area contributed by atoms with Crippen LogP contribution in [0.15, 0.2) is 48.0 Å². The van der Waals surface area contributed by atoms with Gasteiger partial charge in [0.2, 0.25) is 0 Å². The third-order valence-electron chi connectivity index (χ3n) is 5.44. The zero-order chi connectivity index (χ0) is 25.7. The number of urea groups is 1. The van der Waals surface area contributed by atoms with Crippen molar-refractivity contribution in [1.82, 2.24) is 9.80 Å². The number of rotatable bonds is 8. The van der Waals surface area contributed by atoms with E-state index < -0.39 is 17.8 Å². The summed E-state index contributed by atoms with van der Waals surface area (Å²) < 4.78 is 11.4. The summed E-state index contributed by atoms with van der Waals surface area (Å²) in [5, 5.41) is 2.87. The molecule has 0 radical (unpaired) electrons. The van der Waals surface area contributed by atoms with E-state index in [-0.39, 0.29) is 24.0 Å². The van der Waals surface area contributed by atoms with Crippen LogP contribution in [0.2, 0.25) is 0 Å². The number of benzene rings is 2. The van der Waals surface area contributed by atoms with Crippen LogP contribution in [0.1, 0.15) is 37.8 Å². The van der Waals surface area contributed by atoms with E-state index in [1.54, 1.807) is 25.1 Å². The predicted octanol–water partition coefficient (Wildman–Crippen LogP) is 3.66. The topological polar surface area (TPSA) is 105 Å². The van der Waals surface area contributed by atoms with Crippen LogP contribution in [-0.4, -0.2) is 60.9 Å². The van der Waals surface area contributed by atoms with Gasteiger partial charge in [0, 0.05) is 19.8 Å². The first-order chi connectivity index (χ1) is 16.6. The Balaban J connectivity index is 1.77. The van der Waals surface area contributed by atoms with Gasteiger partial charge in [0.05, 0.1) is 6.61 Å². The molecule has 0 aromatic heterocycles. The first-order valence-corrected chi connectivity index (χ1v) is 11.2. The molecule has 1 N–H and O–H groups in total. The lowest BCUT2D eigenvalue weighted by molar-refractivity contribution is -0.134. The lowest BCUT2D eigenvalue weighted by Crippen LogP contribution is -2.52. The van der Waals surface area contributed by atoms with Crippen molar-refractivity contribution in [1.29, 1.82) is 0 Å². The molecule has 2 aromatic rings. The maximum atomic E-state index is 12.5. The second-order valence-electron chi connectivity index (χ2n) is 8.29. The molecule has 0 aliphatic carbocycles. The van der Waals surface area contributed by atoms with Gasteiger partial charge < -0.3 is 14.8 Å². The number of ether oxygens (including phenoxy) is 2. The van der Waals surface area contributed by atoms with E-state index in [1.165, 1.54) is 20.2 Å². The molecular formula is C26H29N3O6. The predicted molar refractivity (Wildman–Crippen MR) is 131 cm³/mol. The van der Waals surface area contributed by atoms with E-state index in [2.05, 4.69) is 19.2 Å². The van der Waals surface area contributed by atoms with Crippen molar-refractivity contribution in [3.8, 4) is 11.5 Å². The number of nitrogens with one attached hydrogen (secondary N) is 1. The summed E-state index contributed by atoms with van der Waals surface area (Å²) in [6, 6.07) is 11.7. The molecule has 1 heterocycles. The first kappa shape index (κ1) is 25.5. The molecule has 5 amide bonds. The lowest BCUT2D eigenvalue weighted by atomic mass is 10.0. The SMILES string of the molecule is CCOc1cc(C=C2C(=O)N(C)C(=O)N(C)C2=O)ccc1OCC(=O)Nc1ccccc1C(C)C. The number of hydrogen-bond acceptors (Lipinski definition) is 6. The number of imide groups is 2. The summed E-state index contributed by atoms with van der Waals surface area (Å²) >= 11 is 0. The van der Waals surface area contributed by atoms with E-state index in [0.29, 0.717) is 23.7 Å². The maximum Gasteiger partial charge on any atom is 0.333 e. The Morgan fingerprint density at radius 1 is 0.971 bits per heavy atom. The molecule has 1 fully saturated rings. The minimum absolute atomic E-state index is 0.145. The molecule has 9 nitrogen and oxygen atoms in total. The Labute approximate surface area is 204 Å². The van der Waals surface area contributed by atoms with Gasteiger partial charge in [0.25, 0.3) is 17.7 Å². The summed E-state index contributed by atoms with van der Waals surface area (Å²) in [5.41, 5.74) is 2.12. The summed E-state index contributed by atoms with van der Waals surface area (Å²) in [5.74, 6) is -0.748. The van der Waals surface area contributed by atoms with E-state index in [4.69, 9.17) is 9.47 Å². The van der Waals surface area contributed by atoms with Crippen LogP contribution in [0.3, 0.4) is 0 Å². The molecule has 1 aliphatic rings. The van der Waals surface area contributed by atoms with Crippen molar-refractivity contribution in [2.45, 2.75) is 26.7 Å². The number of hydrogen-bond donors (Lipinski definition) is 1. The summed E-state index contributed by atoms with van der Waals surface area (Å²) in [7, 11) is 2.63. The third-order valence-corrected chi connectivity index (χ3v) is 5.44. The van der Waals surface area contributed by atoms with Crippen molar-refractivity contribution >= 4 is 35.5 Å². The van der Waals surface area contributed by atoms with E-state index >= 15 is 0 Å². The second kappa shape index (κ2) is 10.9. The minimum atomic E-state index is -0.690. The molecule has 0 atom stereocenters. The van der Waals surface area contributed by atoms with Gasteiger partial charge in [-0.15, -0.1) is 0 Å². The van der Waals surface area contributed by atoms with Crippen LogP contribution in [0, 0.1) is 0 Å². The van der Waals surface area contributed by atoms with Crippen molar-refractivity contribution in [3.63, 3.8) is 0 Å². The van der Waals surface area contributed by atoms with Crippen LogP contribution in [0.5, 0.6) is 11.5 Å². The van der Waals surface area contributed by atoms with Crippen LogP contribution >= 0.6 is 0 Å². The van der Waals surface area contributed by atoms with Crippen molar-refractivity contribution in [3.05, 3.63) is 59.2 Å². The van der Waals surface area contributed by atoms with Gasteiger partial charge >= 0.3 is 6.03 Å². The zero-order valence-electron chi connectivity index (χ0n) is 20.5. The molecule has 0 bridgehead atoms. The molecule has 9 heteroatoms. The Kier molecular flexibility index (Phi) is 7.91. The molecular weight excluding hydrogens is 450 g/mol. The molecule has 0 saturated carbocycles. The average Bonchev–Trinajstić information content (AvgIpc) is 2.84. The zero-order valence-corrected chi connectivity index (χ0v) is 20.5. The number of carbonyl (C=O) groups is 4. The molecule has 3 rings (SSSR count). The summed E-state index contributed by atoms with van der Waals surface area (Å²) in [6.07, 6.45) is 1.39. The number of carbonyl (C=O) groups excluding carboxylic acids is 4. The standard InChI is InChI=1S/C26H29N3O6/c1-6-34-22-14-17(13-19-24(31)28(4)26(33)29(5)25(19)32)11-12-21(22)35-15-23(30)27-20-10-8-7-9-18(20)16(2)3/h7-14,16H,6,15H2,1-5H3,(H,27,30). The maximum absolute atomic E-state index is 12.5. The highest BCUT2D eigenvalue weighted by Crippen LogP contribution is 2.30. The fourth-order valence-corrected chi connectivity index (χ4v) is 3.59. The van der Waals surface area contributed by atoms with Crippen molar-refractivity contribution in [2.24, 2.45) is 0 Å². The normalized spacial score (nSPS) is 13.9. The third kappa shape index (κ3) is 5.68. The highest BCUT2D eigenvalue weighted by atomic mass is 16.5. The monoisotopic (exact) mass is 479 g/mol. The Bertz CT molecular complexity index is 1160. The van der Waals surface area contributed by atoms with Gasteiger partial charge in [-0.1, -0.05) is 38.1 Å². The summed E-state index contributed by atoms with van der Waals surface area (Å²) in [4.78, 5) is 51.1. The second-order valence-corrected chi connectivity index (χ2v) is 8.29. The number of nitrogens with zero attached hydrogens (tertiary/aromatic N) is 2. The van der Waals surface area contributed by atoms with E-state index in [0.717, 1.165) is 21.1 Å². The lowest BCUT2D eigenvalue weighted by Gasteiger charge is -2.28. The number of anilines is 1. The minimum Gasteiger partial charge on any atom is -0.490 e. The molecule has 0 unspecified atom stereocenters. The Morgan fingerprint density at radius 2 is 1.63 bits per heavy atom. The van der Waals surface area contributed by atoms with Crippen LogP contribution in [0.25, 0.3) is 6.08 Å². The van der Waals surface area contributed by atoms with Gasteiger partial charge in [0.1, 0.15) is 5.57 Å². The van der Waals surface area contributed by atoms with Crippen molar-refractivity contribution < 1.29 is 28.7 Å². The fraction of sp³-hybridized carbons (Fsp3) is 0.308. The van der Waals surface area contributed by atoms with Gasteiger partial charge in [-0.2, -0.15) is 0 Å².